The molecule has 0 radical (unpaired) electrons. The summed E-state index contributed by atoms with van der Waals surface area (Å²) in [6.45, 7) is 1.54. The van der Waals surface area contributed by atoms with Gasteiger partial charge in [-0.05, 0) is 37.8 Å². The first-order valence-electron chi connectivity index (χ1n) is 6.72. The van der Waals surface area contributed by atoms with Gasteiger partial charge in [-0.3, -0.25) is 4.79 Å². The zero-order valence-corrected chi connectivity index (χ0v) is 12.1. The first-order chi connectivity index (χ1) is 9.58. The van der Waals surface area contributed by atoms with E-state index < -0.39 is 0 Å². The predicted molar refractivity (Wildman–Crippen MR) is 76.7 cm³/mol. The lowest BCUT2D eigenvalue weighted by Crippen LogP contribution is -2.38. The Kier molecular flexibility index (Phi) is 4.86. The molecule has 0 atom stereocenters. The Morgan fingerprint density at radius 2 is 2.10 bits per heavy atom. The van der Waals surface area contributed by atoms with E-state index in [1.54, 1.807) is 25.1 Å². The van der Waals surface area contributed by atoms with E-state index in [0.717, 1.165) is 25.7 Å². The van der Waals surface area contributed by atoms with Crippen molar-refractivity contribution in [1.82, 2.24) is 5.32 Å². The van der Waals surface area contributed by atoms with Crippen molar-refractivity contribution < 1.29 is 9.53 Å². The quantitative estimate of drug-likeness (QED) is 0.931. The minimum atomic E-state index is 0.0215. The second kappa shape index (κ2) is 6.62. The lowest BCUT2D eigenvalue weighted by atomic mass is 9.93. The number of ether oxygens (including phenoxy) is 1. The Hall–Kier alpha value is -1.73. The van der Waals surface area contributed by atoms with E-state index in [2.05, 4.69) is 5.32 Å². The molecule has 1 aliphatic carbocycles. The fraction of sp³-hybridized carbons (Fsp3) is 0.467. The number of nitrogens with zero attached hydrogens (tertiary/aromatic N) is 1. The molecule has 2 rings (SSSR count). The number of carbonyl (C=O) groups is 1. The van der Waals surface area contributed by atoms with Crippen molar-refractivity contribution >= 4 is 17.5 Å². The number of carbonyl (C=O) groups excluding carboxylic acids is 1. The van der Waals surface area contributed by atoms with Gasteiger partial charge in [0.05, 0.1) is 16.7 Å². The molecule has 1 aromatic carbocycles. The molecule has 1 fully saturated rings. The van der Waals surface area contributed by atoms with Crippen molar-refractivity contribution in [1.29, 1.82) is 5.26 Å². The third-order valence-corrected chi connectivity index (χ3v) is 3.76. The maximum absolute atomic E-state index is 11.0. The number of halogens is 1. The Bertz CT molecular complexity index is 531. The molecular formula is C15H17ClN2O2. The minimum Gasteiger partial charge on any atom is -0.490 e. The first-order valence-corrected chi connectivity index (χ1v) is 7.09. The third kappa shape index (κ3) is 3.88. The van der Waals surface area contributed by atoms with E-state index >= 15 is 0 Å². The highest BCUT2D eigenvalue weighted by Crippen LogP contribution is 2.27. The molecule has 1 saturated carbocycles. The van der Waals surface area contributed by atoms with Gasteiger partial charge in [-0.1, -0.05) is 11.6 Å². The van der Waals surface area contributed by atoms with Gasteiger partial charge < -0.3 is 10.1 Å². The van der Waals surface area contributed by atoms with E-state index in [1.807, 2.05) is 6.07 Å². The van der Waals surface area contributed by atoms with Crippen molar-refractivity contribution in [3.05, 3.63) is 28.8 Å². The number of nitrogens with one attached hydrogen (secondary N) is 1. The summed E-state index contributed by atoms with van der Waals surface area (Å²) in [5.74, 6) is 0.713. The number of amides is 1. The van der Waals surface area contributed by atoms with Gasteiger partial charge in [0.25, 0.3) is 0 Å². The second-order valence-electron chi connectivity index (χ2n) is 5.05. The number of rotatable bonds is 3. The summed E-state index contributed by atoms with van der Waals surface area (Å²) in [4.78, 5) is 11.0. The van der Waals surface area contributed by atoms with Crippen LogP contribution in [0, 0.1) is 11.3 Å². The lowest BCUT2D eigenvalue weighted by molar-refractivity contribution is -0.120. The summed E-state index contributed by atoms with van der Waals surface area (Å²) >= 11 is 5.98. The maximum atomic E-state index is 11.0. The minimum absolute atomic E-state index is 0.0215. The van der Waals surface area contributed by atoms with Gasteiger partial charge in [0.15, 0.2) is 0 Å². The van der Waals surface area contributed by atoms with Crippen molar-refractivity contribution in [2.24, 2.45) is 0 Å². The van der Waals surface area contributed by atoms with Crippen LogP contribution in [0.1, 0.15) is 38.2 Å². The van der Waals surface area contributed by atoms with Gasteiger partial charge >= 0.3 is 0 Å². The molecule has 4 nitrogen and oxygen atoms in total. The Labute approximate surface area is 123 Å². The second-order valence-corrected chi connectivity index (χ2v) is 5.45. The van der Waals surface area contributed by atoms with Crippen LogP contribution < -0.4 is 10.1 Å². The van der Waals surface area contributed by atoms with E-state index in [-0.39, 0.29) is 18.1 Å². The van der Waals surface area contributed by atoms with Crippen LogP contribution in [0.25, 0.3) is 0 Å². The topological polar surface area (TPSA) is 62.1 Å². The highest BCUT2D eigenvalue weighted by atomic mass is 35.5. The fourth-order valence-corrected chi connectivity index (χ4v) is 2.68. The molecule has 1 aliphatic rings. The molecular weight excluding hydrogens is 276 g/mol. The lowest BCUT2D eigenvalue weighted by Gasteiger charge is -2.29. The molecule has 0 heterocycles. The van der Waals surface area contributed by atoms with Gasteiger partial charge in [0, 0.05) is 19.0 Å². The van der Waals surface area contributed by atoms with Gasteiger partial charge in [-0.15, -0.1) is 0 Å². The molecule has 0 bridgehead atoms. The molecule has 1 amide bonds. The van der Waals surface area contributed by atoms with Crippen LogP contribution in [0.2, 0.25) is 5.02 Å². The molecule has 1 N–H and O–H groups in total. The van der Waals surface area contributed by atoms with E-state index in [1.165, 1.54) is 0 Å². The highest BCUT2D eigenvalue weighted by molar-refractivity contribution is 6.31. The Morgan fingerprint density at radius 3 is 2.65 bits per heavy atom. The van der Waals surface area contributed by atoms with Crippen molar-refractivity contribution in [3.63, 3.8) is 0 Å². The fourth-order valence-electron chi connectivity index (χ4n) is 2.46. The van der Waals surface area contributed by atoms with Gasteiger partial charge in [0.2, 0.25) is 5.91 Å². The number of hydrogen-bond donors (Lipinski definition) is 1. The molecule has 0 aliphatic heterocycles. The smallest absolute Gasteiger partial charge is 0.217 e. The van der Waals surface area contributed by atoms with Crippen LogP contribution in [0.3, 0.4) is 0 Å². The van der Waals surface area contributed by atoms with Gasteiger partial charge in [-0.25, -0.2) is 0 Å². The number of benzene rings is 1. The summed E-state index contributed by atoms with van der Waals surface area (Å²) in [6.07, 6.45) is 3.80. The molecule has 1 aromatic rings. The summed E-state index contributed by atoms with van der Waals surface area (Å²) in [7, 11) is 0. The first kappa shape index (κ1) is 14.7. The van der Waals surface area contributed by atoms with Crippen LogP contribution >= 0.6 is 11.6 Å². The average Bonchev–Trinajstić information content (AvgIpc) is 2.41. The molecule has 20 heavy (non-hydrogen) atoms. The summed E-state index contributed by atoms with van der Waals surface area (Å²) in [6, 6.07) is 7.40. The monoisotopic (exact) mass is 292 g/mol. The Morgan fingerprint density at radius 1 is 1.40 bits per heavy atom. The van der Waals surface area contributed by atoms with E-state index in [0.29, 0.717) is 16.3 Å². The maximum Gasteiger partial charge on any atom is 0.217 e. The van der Waals surface area contributed by atoms with Gasteiger partial charge in [0.1, 0.15) is 11.8 Å². The SMILES string of the molecule is CC(=O)NC1CCC(Oc2ccc(C#N)c(Cl)c2)CC1. The third-order valence-electron chi connectivity index (χ3n) is 3.45. The Balaban J connectivity index is 1.88. The van der Waals surface area contributed by atoms with Gasteiger partial charge in [-0.2, -0.15) is 5.26 Å². The van der Waals surface area contributed by atoms with Crippen molar-refractivity contribution in [2.75, 3.05) is 0 Å². The summed E-state index contributed by atoms with van der Waals surface area (Å²) in [5, 5.41) is 12.2. The molecule has 0 aromatic heterocycles. The van der Waals surface area contributed by atoms with Crippen LogP contribution in [0.5, 0.6) is 5.75 Å². The standard InChI is InChI=1S/C15H17ClN2O2/c1-10(19)18-12-3-6-13(7-4-12)20-14-5-2-11(9-17)15(16)8-14/h2,5,8,12-13H,3-4,6-7H2,1H3,(H,18,19). The normalized spacial score (nSPS) is 21.9. The molecule has 0 spiro atoms. The largest absolute Gasteiger partial charge is 0.490 e. The highest BCUT2D eigenvalue weighted by Gasteiger charge is 2.22. The van der Waals surface area contributed by atoms with E-state index in [4.69, 9.17) is 21.6 Å². The van der Waals surface area contributed by atoms with Crippen molar-refractivity contribution in [3.8, 4) is 11.8 Å². The van der Waals surface area contributed by atoms with Crippen LogP contribution in [-0.2, 0) is 4.79 Å². The summed E-state index contributed by atoms with van der Waals surface area (Å²) < 4.78 is 5.88. The molecule has 0 unspecified atom stereocenters. The summed E-state index contributed by atoms with van der Waals surface area (Å²) in [5.41, 5.74) is 0.452. The molecule has 5 heteroatoms. The molecule has 0 saturated heterocycles. The zero-order chi connectivity index (χ0) is 14.5. The van der Waals surface area contributed by atoms with Crippen LogP contribution in [0.15, 0.2) is 18.2 Å². The zero-order valence-electron chi connectivity index (χ0n) is 11.4. The average molecular weight is 293 g/mol. The number of nitriles is 1. The van der Waals surface area contributed by atoms with Crippen LogP contribution in [-0.4, -0.2) is 18.1 Å². The van der Waals surface area contributed by atoms with E-state index in [9.17, 15) is 4.79 Å². The molecule has 106 valence electrons. The predicted octanol–water partition coefficient (Wildman–Crippen LogP) is 3.04. The number of hydrogen-bond acceptors (Lipinski definition) is 3. The van der Waals surface area contributed by atoms with Crippen LogP contribution in [0.4, 0.5) is 0 Å². The van der Waals surface area contributed by atoms with Crippen molar-refractivity contribution in [2.45, 2.75) is 44.8 Å².